The first-order chi connectivity index (χ1) is 17.5. The van der Waals surface area contributed by atoms with Gasteiger partial charge in [0.15, 0.2) is 11.0 Å². The summed E-state index contributed by atoms with van der Waals surface area (Å²) < 4.78 is 3.03. The number of H-pyrrole nitrogens is 1. The van der Waals surface area contributed by atoms with E-state index in [0.29, 0.717) is 24.4 Å². The van der Waals surface area contributed by atoms with Crippen molar-refractivity contribution in [2.24, 2.45) is 7.05 Å². The monoisotopic (exact) mass is 564 g/mol. The number of nitrogens with one attached hydrogen (secondary N) is 2. The lowest BCUT2D eigenvalue weighted by Crippen LogP contribution is -2.48. The molecule has 7 nitrogen and oxygen atoms in total. The lowest BCUT2D eigenvalue weighted by atomic mass is 10.1. The fourth-order valence-electron chi connectivity index (χ4n) is 4.34. The molecule has 5 rings (SSSR count). The average molecular weight is 566 g/mol. The number of benzene rings is 3. The number of carbonyl (C=O) groups excluding carboxylic acids is 2. The molecule has 0 spiro atoms. The SMILES string of the molecule is C[n+]1c(SCC(=O)Nc2ccc(N3CCN(C(=O)c4ccc(Br)cc4)CC3)cc2)[nH]c2ccccc21. The average Bonchev–Trinajstić information content (AvgIpc) is 3.23. The summed E-state index contributed by atoms with van der Waals surface area (Å²) in [7, 11) is 1.99. The molecule has 0 saturated carbocycles. The van der Waals surface area contributed by atoms with Crippen LogP contribution in [0.5, 0.6) is 0 Å². The summed E-state index contributed by atoms with van der Waals surface area (Å²) in [6.07, 6.45) is 0. The molecule has 0 unspecified atom stereocenters. The second-order valence-corrected chi connectivity index (χ2v) is 10.6. The van der Waals surface area contributed by atoms with Gasteiger partial charge in [-0.1, -0.05) is 28.1 Å². The molecule has 1 saturated heterocycles. The number of amides is 2. The summed E-state index contributed by atoms with van der Waals surface area (Å²) in [5.41, 5.74) is 4.73. The number of anilines is 2. The molecular formula is C27H27BrN5O2S+. The Hall–Kier alpha value is -3.30. The van der Waals surface area contributed by atoms with Crippen LogP contribution in [0.15, 0.2) is 82.4 Å². The van der Waals surface area contributed by atoms with Gasteiger partial charge in [-0.3, -0.25) is 9.59 Å². The molecule has 0 bridgehead atoms. The molecule has 2 N–H and O–H groups in total. The molecule has 2 amide bonds. The first-order valence-corrected chi connectivity index (χ1v) is 13.5. The van der Waals surface area contributed by atoms with Crippen LogP contribution in [0.25, 0.3) is 11.0 Å². The van der Waals surface area contributed by atoms with Crippen molar-refractivity contribution >= 4 is 61.9 Å². The lowest BCUT2D eigenvalue weighted by Gasteiger charge is -2.36. The Bertz CT molecular complexity index is 1380. The largest absolute Gasteiger partial charge is 0.368 e. The number of para-hydroxylation sites is 2. The molecule has 1 aromatic heterocycles. The Morgan fingerprint density at radius 3 is 2.36 bits per heavy atom. The molecule has 2 heterocycles. The standard InChI is InChI=1S/C27H26BrN5O2S/c1-31-24-5-3-2-4-23(24)30-27(31)36-18-25(34)29-21-10-12-22(13-11-21)32-14-16-33(17-15-32)26(35)19-6-8-20(28)9-7-19/h2-13H,14-18H2,1H3,(H,29,34)/p+1. The third kappa shape index (κ3) is 5.42. The minimum atomic E-state index is -0.0496. The number of rotatable bonds is 6. The number of halogens is 1. The molecule has 184 valence electrons. The summed E-state index contributed by atoms with van der Waals surface area (Å²) in [6.45, 7) is 2.89. The summed E-state index contributed by atoms with van der Waals surface area (Å²) in [5, 5.41) is 3.93. The molecule has 1 aliphatic heterocycles. The van der Waals surface area contributed by atoms with Crippen molar-refractivity contribution in [1.82, 2.24) is 9.88 Å². The van der Waals surface area contributed by atoms with E-state index in [1.165, 1.54) is 11.8 Å². The quantitative estimate of drug-likeness (QED) is 0.268. The summed E-state index contributed by atoms with van der Waals surface area (Å²) in [5.74, 6) is 0.335. The van der Waals surface area contributed by atoms with Crippen LogP contribution in [0.1, 0.15) is 10.4 Å². The van der Waals surface area contributed by atoms with E-state index >= 15 is 0 Å². The maximum absolute atomic E-state index is 12.8. The van der Waals surface area contributed by atoms with Crippen molar-refractivity contribution < 1.29 is 14.2 Å². The Kier molecular flexibility index (Phi) is 7.29. The zero-order chi connectivity index (χ0) is 25.1. The van der Waals surface area contributed by atoms with Gasteiger partial charge in [0.25, 0.3) is 5.91 Å². The highest BCUT2D eigenvalue weighted by Gasteiger charge is 2.22. The third-order valence-electron chi connectivity index (χ3n) is 6.33. The van der Waals surface area contributed by atoms with Gasteiger partial charge in [0.05, 0.1) is 12.8 Å². The Balaban J connectivity index is 1.11. The molecular weight excluding hydrogens is 538 g/mol. The van der Waals surface area contributed by atoms with Gasteiger partial charge in [0.1, 0.15) is 0 Å². The van der Waals surface area contributed by atoms with Gasteiger partial charge in [-0.05, 0) is 72.4 Å². The summed E-state index contributed by atoms with van der Waals surface area (Å²) >= 11 is 4.89. The second kappa shape index (κ2) is 10.8. The van der Waals surface area contributed by atoms with E-state index in [9.17, 15) is 9.59 Å². The molecule has 0 aliphatic carbocycles. The van der Waals surface area contributed by atoms with Gasteiger partial charge in [-0.15, -0.1) is 0 Å². The highest BCUT2D eigenvalue weighted by atomic mass is 79.9. The number of carbonyl (C=O) groups is 2. The highest BCUT2D eigenvalue weighted by molar-refractivity contribution is 9.10. The molecule has 36 heavy (non-hydrogen) atoms. The number of aromatic amines is 1. The molecule has 1 fully saturated rings. The van der Waals surface area contributed by atoms with Crippen LogP contribution in [0.4, 0.5) is 11.4 Å². The van der Waals surface area contributed by atoms with Gasteiger partial charge in [0.2, 0.25) is 5.91 Å². The lowest BCUT2D eigenvalue weighted by molar-refractivity contribution is -0.683. The first-order valence-electron chi connectivity index (χ1n) is 11.8. The van der Waals surface area contributed by atoms with Gasteiger partial charge in [-0.25, -0.2) is 9.55 Å². The van der Waals surface area contributed by atoms with E-state index < -0.39 is 0 Å². The van der Waals surface area contributed by atoms with Gasteiger partial charge in [0, 0.05) is 47.6 Å². The maximum Gasteiger partial charge on any atom is 0.317 e. The van der Waals surface area contributed by atoms with Crippen molar-refractivity contribution in [3.05, 3.63) is 82.8 Å². The van der Waals surface area contributed by atoms with Crippen LogP contribution in [0, 0.1) is 0 Å². The van der Waals surface area contributed by atoms with E-state index in [1.54, 1.807) is 0 Å². The highest BCUT2D eigenvalue weighted by Crippen LogP contribution is 2.22. The van der Waals surface area contributed by atoms with Gasteiger partial charge >= 0.3 is 5.16 Å². The van der Waals surface area contributed by atoms with E-state index in [0.717, 1.165) is 45.1 Å². The van der Waals surface area contributed by atoms with Crippen LogP contribution >= 0.6 is 27.7 Å². The van der Waals surface area contributed by atoms with Crippen LogP contribution in [0.3, 0.4) is 0 Å². The molecule has 3 aromatic carbocycles. The number of imidazole rings is 1. The number of fused-ring (bicyclic) bond motifs is 1. The zero-order valence-corrected chi connectivity index (χ0v) is 22.3. The van der Waals surface area contributed by atoms with Crippen molar-refractivity contribution in [3.63, 3.8) is 0 Å². The molecule has 0 atom stereocenters. The third-order valence-corrected chi connectivity index (χ3v) is 7.91. The number of thioether (sulfide) groups is 1. The molecule has 0 radical (unpaired) electrons. The summed E-state index contributed by atoms with van der Waals surface area (Å²) in [4.78, 5) is 32.8. The molecule has 4 aromatic rings. The maximum atomic E-state index is 12.8. The van der Waals surface area contributed by atoms with E-state index in [-0.39, 0.29) is 11.8 Å². The molecule has 1 aliphatic rings. The van der Waals surface area contributed by atoms with Crippen molar-refractivity contribution in [1.29, 1.82) is 0 Å². The van der Waals surface area contributed by atoms with Crippen LogP contribution in [-0.4, -0.2) is 53.6 Å². The van der Waals surface area contributed by atoms with E-state index in [1.807, 2.05) is 78.7 Å². The predicted octanol–water partition coefficient (Wildman–Crippen LogP) is 4.45. The van der Waals surface area contributed by atoms with Gasteiger partial charge < -0.3 is 15.1 Å². The van der Waals surface area contributed by atoms with Gasteiger partial charge in [-0.2, -0.15) is 0 Å². The minimum absolute atomic E-state index is 0.0496. The number of aromatic nitrogens is 2. The zero-order valence-electron chi connectivity index (χ0n) is 19.9. The Labute approximate surface area is 222 Å². The number of aryl methyl sites for hydroxylation is 1. The Morgan fingerprint density at radius 1 is 0.972 bits per heavy atom. The van der Waals surface area contributed by atoms with Crippen LogP contribution < -0.4 is 14.8 Å². The van der Waals surface area contributed by atoms with Crippen molar-refractivity contribution in [3.8, 4) is 0 Å². The molecule has 9 heteroatoms. The second-order valence-electron chi connectivity index (χ2n) is 8.68. The normalized spacial score (nSPS) is 13.7. The predicted molar refractivity (Wildman–Crippen MR) is 148 cm³/mol. The fourth-order valence-corrected chi connectivity index (χ4v) is 5.42. The van der Waals surface area contributed by atoms with E-state index in [2.05, 4.69) is 41.8 Å². The van der Waals surface area contributed by atoms with Crippen LogP contribution in [0.2, 0.25) is 0 Å². The topological polar surface area (TPSA) is 72.3 Å². The smallest absolute Gasteiger partial charge is 0.317 e. The first kappa shape index (κ1) is 24.4. The fraction of sp³-hybridized carbons (Fsp3) is 0.222. The number of hydrogen-bond donors (Lipinski definition) is 2. The number of hydrogen-bond acceptors (Lipinski definition) is 4. The summed E-state index contributed by atoms with van der Waals surface area (Å²) in [6, 6.07) is 23.5. The van der Waals surface area contributed by atoms with E-state index in [4.69, 9.17) is 0 Å². The van der Waals surface area contributed by atoms with Crippen molar-refractivity contribution in [2.75, 3.05) is 42.1 Å². The Morgan fingerprint density at radius 2 is 1.67 bits per heavy atom. The van der Waals surface area contributed by atoms with Crippen LogP contribution in [-0.2, 0) is 11.8 Å². The minimum Gasteiger partial charge on any atom is -0.368 e. The number of piperazine rings is 1. The van der Waals surface area contributed by atoms with Crippen molar-refractivity contribution in [2.45, 2.75) is 5.16 Å². The number of nitrogens with zero attached hydrogens (tertiary/aromatic N) is 3.